The van der Waals surface area contributed by atoms with Crippen molar-refractivity contribution in [1.82, 2.24) is 15.5 Å². The number of carboxylic acid groups (broad SMARTS) is 1. The van der Waals surface area contributed by atoms with Gasteiger partial charge in [0.15, 0.2) is 0 Å². The number of carboxylic acids is 1. The van der Waals surface area contributed by atoms with Gasteiger partial charge in [-0.05, 0) is 35.4 Å². The highest BCUT2D eigenvalue weighted by atomic mass is 35.5. The second kappa shape index (κ2) is 10.6. The van der Waals surface area contributed by atoms with Gasteiger partial charge in [0.05, 0.1) is 28.3 Å². The van der Waals surface area contributed by atoms with Crippen LogP contribution in [-0.2, 0) is 17.8 Å². The van der Waals surface area contributed by atoms with E-state index in [9.17, 15) is 9.59 Å². The van der Waals surface area contributed by atoms with E-state index >= 15 is 0 Å². The SMILES string of the molecule is O=C(NCc1ccc(C(=O)O)cc1)NC[C@@H]1CN(Cc2ccc(Cl)c(Cl)c2)CCO1. The summed E-state index contributed by atoms with van der Waals surface area (Å²) in [7, 11) is 0. The minimum absolute atomic E-state index is 0.109. The zero-order valence-corrected chi connectivity index (χ0v) is 17.7. The molecule has 9 heteroatoms. The van der Waals surface area contributed by atoms with Crippen LogP contribution in [0.2, 0.25) is 10.0 Å². The number of hydrogen-bond acceptors (Lipinski definition) is 4. The van der Waals surface area contributed by atoms with Crippen LogP contribution in [0, 0.1) is 0 Å². The van der Waals surface area contributed by atoms with Gasteiger partial charge in [-0.2, -0.15) is 0 Å². The first kappa shape index (κ1) is 22.4. The summed E-state index contributed by atoms with van der Waals surface area (Å²) in [6.45, 7) is 3.51. The summed E-state index contributed by atoms with van der Waals surface area (Å²) in [5.41, 5.74) is 2.10. The third-order valence-electron chi connectivity index (χ3n) is 4.76. The number of carbonyl (C=O) groups excluding carboxylic acids is 1. The predicted octanol–water partition coefficient (Wildman–Crippen LogP) is 3.39. The lowest BCUT2D eigenvalue weighted by Gasteiger charge is -2.33. The van der Waals surface area contributed by atoms with Gasteiger partial charge in [-0.25, -0.2) is 9.59 Å². The zero-order valence-electron chi connectivity index (χ0n) is 16.2. The minimum atomic E-state index is -0.979. The van der Waals surface area contributed by atoms with Crippen LogP contribution < -0.4 is 10.6 Å². The quantitative estimate of drug-likeness (QED) is 0.599. The normalized spacial score (nSPS) is 16.8. The largest absolute Gasteiger partial charge is 0.478 e. The van der Waals surface area contributed by atoms with Gasteiger partial charge in [0, 0.05) is 32.7 Å². The lowest BCUT2D eigenvalue weighted by molar-refractivity contribution is -0.0287. The summed E-state index contributed by atoms with van der Waals surface area (Å²) in [5.74, 6) is -0.979. The van der Waals surface area contributed by atoms with Crippen molar-refractivity contribution in [2.24, 2.45) is 0 Å². The van der Waals surface area contributed by atoms with Crippen LogP contribution in [0.15, 0.2) is 42.5 Å². The Kier molecular flexibility index (Phi) is 7.93. The van der Waals surface area contributed by atoms with Crippen LogP contribution in [0.5, 0.6) is 0 Å². The van der Waals surface area contributed by atoms with Gasteiger partial charge in [-0.1, -0.05) is 41.4 Å². The molecule has 0 saturated carbocycles. The third-order valence-corrected chi connectivity index (χ3v) is 5.50. The zero-order chi connectivity index (χ0) is 21.5. The molecule has 0 aromatic heterocycles. The number of aromatic carboxylic acids is 1. The standard InChI is InChI=1S/C21H23Cl2N3O4/c22-18-6-3-15(9-19(18)23)12-26-7-8-30-17(13-26)11-25-21(29)24-10-14-1-4-16(5-2-14)20(27)28/h1-6,9,17H,7-8,10-13H2,(H,27,28)(H2,24,25,29)/t17-/m1/s1. The molecule has 1 aliphatic rings. The molecular weight excluding hydrogens is 429 g/mol. The molecule has 1 aliphatic heterocycles. The van der Waals surface area contributed by atoms with E-state index in [0.29, 0.717) is 36.3 Å². The Bertz CT molecular complexity index is 892. The predicted molar refractivity (Wildman–Crippen MR) is 115 cm³/mol. The van der Waals surface area contributed by atoms with Gasteiger partial charge in [-0.3, -0.25) is 4.90 Å². The van der Waals surface area contributed by atoms with Crippen molar-refractivity contribution in [2.45, 2.75) is 19.2 Å². The molecule has 0 spiro atoms. The van der Waals surface area contributed by atoms with Crippen molar-refractivity contribution in [1.29, 1.82) is 0 Å². The maximum absolute atomic E-state index is 12.1. The number of nitrogens with zero attached hydrogens (tertiary/aromatic N) is 1. The van der Waals surface area contributed by atoms with Gasteiger partial charge < -0.3 is 20.5 Å². The Hall–Kier alpha value is -2.32. The smallest absolute Gasteiger partial charge is 0.335 e. The van der Waals surface area contributed by atoms with E-state index in [1.807, 2.05) is 12.1 Å². The summed E-state index contributed by atoms with van der Waals surface area (Å²) in [5, 5.41) is 15.6. The molecule has 3 rings (SSSR count). The Morgan fingerprint density at radius 3 is 2.50 bits per heavy atom. The molecule has 0 aliphatic carbocycles. The van der Waals surface area contributed by atoms with Gasteiger partial charge >= 0.3 is 12.0 Å². The lowest BCUT2D eigenvalue weighted by atomic mass is 10.1. The Balaban J connectivity index is 1.40. The van der Waals surface area contributed by atoms with Crippen LogP contribution in [-0.4, -0.2) is 54.4 Å². The van der Waals surface area contributed by atoms with Crippen molar-refractivity contribution in [3.05, 3.63) is 69.2 Å². The monoisotopic (exact) mass is 451 g/mol. The highest BCUT2D eigenvalue weighted by molar-refractivity contribution is 6.42. The molecule has 1 atom stereocenters. The van der Waals surface area contributed by atoms with Gasteiger partial charge in [-0.15, -0.1) is 0 Å². The maximum atomic E-state index is 12.1. The fraction of sp³-hybridized carbons (Fsp3) is 0.333. The molecule has 0 radical (unpaired) electrons. The van der Waals surface area contributed by atoms with Crippen LogP contribution in [0.1, 0.15) is 21.5 Å². The van der Waals surface area contributed by atoms with Crippen LogP contribution >= 0.6 is 23.2 Å². The Labute approximate surface area is 184 Å². The molecule has 0 bridgehead atoms. The number of halogens is 2. The van der Waals surface area contributed by atoms with Crippen molar-refractivity contribution in [3.8, 4) is 0 Å². The van der Waals surface area contributed by atoms with Crippen LogP contribution in [0.3, 0.4) is 0 Å². The van der Waals surface area contributed by atoms with E-state index < -0.39 is 5.97 Å². The topological polar surface area (TPSA) is 90.9 Å². The second-order valence-electron chi connectivity index (χ2n) is 7.04. The van der Waals surface area contributed by atoms with Crippen LogP contribution in [0.25, 0.3) is 0 Å². The van der Waals surface area contributed by atoms with Gasteiger partial charge in [0.1, 0.15) is 0 Å². The molecule has 7 nitrogen and oxygen atoms in total. The number of nitrogens with one attached hydrogen (secondary N) is 2. The number of hydrogen-bond donors (Lipinski definition) is 3. The first-order valence-corrected chi connectivity index (χ1v) is 10.3. The molecule has 1 fully saturated rings. The number of benzene rings is 2. The molecule has 30 heavy (non-hydrogen) atoms. The third kappa shape index (κ3) is 6.60. The molecule has 1 heterocycles. The summed E-state index contributed by atoms with van der Waals surface area (Å²) in [4.78, 5) is 25.2. The summed E-state index contributed by atoms with van der Waals surface area (Å²) < 4.78 is 5.75. The molecule has 1 saturated heterocycles. The fourth-order valence-electron chi connectivity index (χ4n) is 3.16. The Morgan fingerprint density at radius 1 is 1.07 bits per heavy atom. The van der Waals surface area contributed by atoms with Gasteiger partial charge in [0.25, 0.3) is 0 Å². The van der Waals surface area contributed by atoms with E-state index in [1.54, 1.807) is 18.2 Å². The van der Waals surface area contributed by atoms with Crippen molar-refractivity contribution < 1.29 is 19.4 Å². The fourth-order valence-corrected chi connectivity index (χ4v) is 3.48. The maximum Gasteiger partial charge on any atom is 0.335 e. The lowest BCUT2D eigenvalue weighted by Crippen LogP contribution is -2.48. The van der Waals surface area contributed by atoms with Crippen molar-refractivity contribution in [2.75, 3.05) is 26.2 Å². The van der Waals surface area contributed by atoms with E-state index in [2.05, 4.69) is 15.5 Å². The average molecular weight is 452 g/mol. The van der Waals surface area contributed by atoms with Crippen LogP contribution in [0.4, 0.5) is 4.79 Å². The number of amides is 2. The number of ether oxygens (including phenoxy) is 1. The highest BCUT2D eigenvalue weighted by Crippen LogP contribution is 2.23. The molecule has 3 N–H and O–H groups in total. The van der Waals surface area contributed by atoms with E-state index in [-0.39, 0.29) is 17.7 Å². The summed E-state index contributed by atoms with van der Waals surface area (Å²) >= 11 is 12.1. The number of carbonyl (C=O) groups is 2. The number of morpholine rings is 1. The first-order valence-electron chi connectivity index (χ1n) is 9.52. The van der Waals surface area contributed by atoms with Crippen molar-refractivity contribution >= 4 is 35.2 Å². The van der Waals surface area contributed by atoms with Crippen molar-refractivity contribution in [3.63, 3.8) is 0 Å². The average Bonchev–Trinajstić information content (AvgIpc) is 2.74. The van der Waals surface area contributed by atoms with E-state index in [0.717, 1.165) is 24.2 Å². The second-order valence-corrected chi connectivity index (χ2v) is 7.86. The molecule has 2 aromatic carbocycles. The molecule has 160 valence electrons. The first-order chi connectivity index (χ1) is 14.4. The molecular formula is C21H23Cl2N3O4. The number of rotatable bonds is 7. The summed E-state index contributed by atoms with van der Waals surface area (Å²) in [6.07, 6.45) is -0.109. The number of urea groups is 1. The Morgan fingerprint density at radius 2 is 1.80 bits per heavy atom. The molecule has 2 amide bonds. The van der Waals surface area contributed by atoms with Gasteiger partial charge in [0.2, 0.25) is 0 Å². The van der Waals surface area contributed by atoms with E-state index in [4.69, 9.17) is 33.0 Å². The summed E-state index contributed by atoms with van der Waals surface area (Å²) in [6, 6.07) is 11.7. The molecule has 2 aromatic rings. The molecule has 0 unspecified atom stereocenters. The highest BCUT2D eigenvalue weighted by Gasteiger charge is 2.21. The minimum Gasteiger partial charge on any atom is -0.478 e. The van der Waals surface area contributed by atoms with E-state index in [1.165, 1.54) is 12.1 Å².